The lowest BCUT2D eigenvalue weighted by Crippen LogP contribution is -2.09. The van der Waals surface area contributed by atoms with Gasteiger partial charge < -0.3 is 5.73 Å². The predicted octanol–water partition coefficient (Wildman–Crippen LogP) is 3.54. The first-order valence-electron chi connectivity index (χ1n) is 5.55. The van der Waals surface area contributed by atoms with Gasteiger partial charge in [0, 0.05) is 5.70 Å². The number of allylic oxidation sites excluding steroid dienone is 6. The van der Waals surface area contributed by atoms with Crippen molar-refractivity contribution in [2.24, 2.45) is 11.7 Å². The van der Waals surface area contributed by atoms with E-state index in [0.29, 0.717) is 5.92 Å². The first kappa shape index (κ1) is 11.1. The van der Waals surface area contributed by atoms with Gasteiger partial charge in [0.25, 0.3) is 0 Å². The summed E-state index contributed by atoms with van der Waals surface area (Å²) < 4.78 is 0. The Labute approximate surface area is 87.4 Å². The Morgan fingerprint density at radius 3 is 2.93 bits per heavy atom. The molecule has 0 aromatic rings. The maximum absolute atomic E-state index is 5.95. The van der Waals surface area contributed by atoms with E-state index >= 15 is 0 Å². The van der Waals surface area contributed by atoms with Gasteiger partial charge in [-0.05, 0) is 31.6 Å². The molecule has 1 aliphatic carbocycles. The summed E-state index contributed by atoms with van der Waals surface area (Å²) in [5.41, 5.74) is 8.43. The van der Waals surface area contributed by atoms with Crippen molar-refractivity contribution >= 4 is 0 Å². The van der Waals surface area contributed by atoms with Crippen molar-refractivity contribution in [2.75, 3.05) is 0 Å². The summed E-state index contributed by atoms with van der Waals surface area (Å²) in [6.07, 6.45) is 13.4. The molecule has 1 heteroatoms. The molecular weight excluding hydrogens is 170 g/mol. The largest absolute Gasteiger partial charge is 0.402 e. The van der Waals surface area contributed by atoms with Crippen LogP contribution in [0.4, 0.5) is 0 Å². The average Bonchev–Trinajstić information content (AvgIpc) is 2.19. The fourth-order valence-electron chi connectivity index (χ4n) is 1.73. The Kier molecular flexibility index (Phi) is 4.51. The fraction of sp³-hybridized carbons (Fsp3) is 0.538. The van der Waals surface area contributed by atoms with Crippen LogP contribution in [0.15, 0.2) is 35.6 Å². The van der Waals surface area contributed by atoms with Gasteiger partial charge in [-0.2, -0.15) is 0 Å². The van der Waals surface area contributed by atoms with Crippen LogP contribution in [0.25, 0.3) is 0 Å². The van der Waals surface area contributed by atoms with Gasteiger partial charge in [0.15, 0.2) is 0 Å². The Bertz CT molecular complexity index is 258. The topological polar surface area (TPSA) is 26.0 Å². The highest BCUT2D eigenvalue weighted by Crippen LogP contribution is 2.21. The van der Waals surface area contributed by atoms with E-state index in [1.165, 1.54) is 18.4 Å². The molecule has 0 saturated carbocycles. The zero-order valence-corrected chi connectivity index (χ0v) is 9.29. The van der Waals surface area contributed by atoms with Gasteiger partial charge >= 0.3 is 0 Å². The van der Waals surface area contributed by atoms with E-state index in [0.717, 1.165) is 18.5 Å². The monoisotopic (exact) mass is 191 g/mol. The van der Waals surface area contributed by atoms with Crippen LogP contribution in [-0.2, 0) is 0 Å². The molecule has 0 amide bonds. The lowest BCUT2D eigenvalue weighted by Gasteiger charge is -2.14. The molecule has 78 valence electrons. The number of hydrogen-bond donors (Lipinski definition) is 1. The molecule has 0 spiro atoms. The van der Waals surface area contributed by atoms with Crippen molar-refractivity contribution in [2.45, 2.75) is 39.5 Å². The molecule has 2 N–H and O–H groups in total. The Balaban J connectivity index is 2.47. The van der Waals surface area contributed by atoms with E-state index in [9.17, 15) is 0 Å². The van der Waals surface area contributed by atoms with Gasteiger partial charge in [-0.3, -0.25) is 0 Å². The van der Waals surface area contributed by atoms with Gasteiger partial charge in [0.05, 0.1) is 0 Å². The maximum atomic E-state index is 5.95. The molecule has 1 atom stereocenters. The van der Waals surface area contributed by atoms with Gasteiger partial charge in [-0.25, -0.2) is 0 Å². The SMILES string of the molecule is CC/C=C(\N)C(C)CC1=CCCC=C1. The molecule has 1 unspecified atom stereocenters. The summed E-state index contributed by atoms with van der Waals surface area (Å²) in [6.45, 7) is 4.32. The highest BCUT2D eigenvalue weighted by atomic mass is 14.6. The van der Waals surface area contributed by atoms with E-state index in [-0.39, 0.29) is 0 Å². The molecule has 0 aliphatic heterocycles. The second-order valence-electron chi connectivity index (χ2n) is 3.98. The third-order valence-electron chi connectivity index (χ3n) is 2.62. The third-order valence-corrected chi connectivity index (χ3v) is 2.62. The second kappa shape index (κ2) is 5.69. The summed E-state index contributed by atoms with van der Waals surface area (Å²) in [5, 5.41) is 0. The van der Waals surface area contributed by atoms with Gasteiger partial charge in [-0.15, -0.1) is 0 Å². The Morgan fingerprint density at radius 2 is 2.36 bits per heavy atom. The minimum atomic E-state index is 0.476. The van der Waals surface area contributed by atoms with Crippen molar-refractivity contribution in [1.82, 2.24) is 0 Å². The highest BCUT2D eigenvalue weighted by molar-refractivity contribution is 5.24. The van der Waals surface area contributed by atoms with Crippen LogP contribution in [0, 0.1) is 5.92 Å². The molecule has 1 rings (SSSR count). The quantitative estimate of drug-likeness (QED) is 0.722. The summed E-state index contributed by atoms with van der Waals surface area (Å²) >= 11 is 0. The van der Waals surface area contributed by atoms with E-state index in [1.54, 1.807) is 0 Å². The van der Waals surface area contributed by atoms with Crippen LogP contribution in [0.3, 0.4) is 0 Å². The van der Waals surface area contributed by atoms with E-state index < -0.39 is 0 Å². The van der Waals surface area contributed by atoms with Crippen LogP contribution in [0.2, 0.25) is 0 Å². The minimum absolute atomic E-state index is 0.476. The van der Waals surface area contributed by atoms with Gasteiger partial charge in [0.1, 0.15) is 0 Å². The first-order chi connectivity index (χ1) is 6.74. The molecule has 1 aliphatic rings. The van der Waals surface area contributed by atoms with Crippen LogP contribution in [0.5, 0.6) is 0 Å². The number of nitrogens with two attached hydrogens (primary N) is 1. The Hall–Kier alpha value is -0.980. The van der Waals surface area contributed by atoms with Crippen LogP contribution in [0.1, 0.15) is 39.5 Å². The summed E-state index contributed by atoms with van der Waals surface area (Å²) in [7, 11) is 0. The van der Waals surface area contributed by atoms with Crippen LogP contribution >= 0.6 is 0 Å². The standard InChI is InChI=1S/C13H21N/c1-3-7-13(14)11(2)10-12-8-5-4-6-9-12/h5,7-9,11H,3-4,6,10,14H2,1-2H3/b13-7-. The molecule has 0 radical (unpaired) electrons. The normalized spacial score (nSPS) is 19.3. The zero-order valence-electron chi connectivity index (χ0n) is 9.29. The fourth-order valence-corrected chi connectivity index (χ4v) is 1.73. The van der Waals surface area contributed by atoms with Crippen molar-refractivity contribution in [1.29, 1.82) is 0 Å². The van der Waals surface area contributed by atoms with Crippen molar-refractivity contribution < 1.29 is 0 Å². The lowest BCUT2D eigenvalue weighted by molar-refractivity contribution is 0.663. The van der Waals surface area contributed by atoms with Gasteiger partial charge in [0.2, 0.25) is 0 Å². The maximum Gasteiger partial charge on any atom is 0.00719 e. The van der Waals surface area contributed by atoms with Crippen molar-refractivity contribution in [3.05, 3.63) is 35.6 Å². The van der Waals surface area contributed by atoms with Crippen LogP contribution < -0.4 is 5.73 Å². The van der Waals surface area contributed by atoms with E-state index in [2.05, 4.69) is 38.2 Å². The third kappa shape index (κ3) is 3.41. The average molecular weight is 191 g/mol. The van der Waals surface area contributed by atoms with Gasteiger partial charge in [-0.1, -0.05) is 43.7 Å². The van der Waals surface area contributed by atoms with E-state index in [4.69, 9.17) is 5.73 Å². The molecule has 0 aromatic carbocycles. The molecule has 0 saturated heterocycles. The lowest BCUT2D eigenvalue weighted by atomic mass is 9.94. The summed E-state index contributed by atoms with van der Waals surface area (Å²) in [4.78, 5) is 0. The summed E-state index contributed by atoms with van der Waals surface area (Å²) in [5.74, 6) is 0.476. The first-order valence-corrected chi connectivity index (χ1v) is 5.55. The number of rotatable bonds is 4. The Morgan fingerprint density at radius 1 is 1.57 bits per heavy atom. The minimum Gasteiger partial charge on any atom is -0.402 e. The molecule has 14 heavy (non-hydrogen) atoms. The molecule has 0 heterocycles. The van der Waals surface area contributed by atoms with Crippen LogP contribution in [-0.4, -0.2) is 0 Å². The molecule has 0 aromatic heterocycles. The number of hydrogen-bond acceptors (Lipinski definition) is 1. The predicted molar refractivity (Wildman–Crippen MR) is 62.8 cm³/mol. The van der Waals surface area contributed by atoms with E-state index in [1.807, 2.05) is 0 Å². The molecule has 0 fully saturated rings. The van der Waals surface area contributed by atoms with Crippen molar-refractivity contribution in [3.63, 3.8) is 0 Å². The molecular formula is C13H21N. The molecule has 0 bridgehead atoms. The summed E-state index contributed by atoms with van der Waals surface area (Å²) in [6, 6.07) is 0. The smallest absolute Gasteiger partial charge is 0.00719 e. The second-order valence-corrected chi connectivity index (χ2v) is 3.98. The highest BCUT2D eigenvalue weighted by Gasteiger charge is 2.07. The van der Waals surface area contributed by atoms with Crippen molar-refractivity contribution in [3.8, 4) is 0 Å². The molecule has 1 nitrogen and oxygen atoms in total. The zero-order chi connectivity index (χ0) is 10.4.